The second-order valence-electron chi connectivity index (χ2n) is 4.21. The monoisotopic (exact) mass is 431 g/mol. The normalized spacial score (nSPS) is 10.3. The molecule has 1 aromatic heterocycles. The van der Waals surface area contributed by atoms with Crippen LogP contribution in [0.3, 0.4) is 0 Å². The van der Waals surface area contributed by atoms with Crippen molar-refractivity contribution in [1.82, 2.24) is 0 Å². The maximum absolute atomic E-state index is 12.2. The zero-order valence-electron chi connectivity index (χ0n) is 11.2. The first-order valence-corrected chi connectivity index (χ1v) is 8.27. The second-order valence-corrected chi connectivity index (χ2v) is 7.43. The van der Waals surface area contributed by atoms with E-state index < -0.39 is 5.97 Å². The molecule has 0 aliphatic carbocycles. The number of amides is 1. The molecule has 1 N–H and O–H groups in total. The predicted octanol–water partition coefficient (Wildman–Crippen LogP) is 4.62. The summed E-state index contributed by atoms with van der Waals surface area (Å²) in [5.74, 6) is -0.663. The van der Waals surface area contributed by atoms with Crippen LogP contribution in [0.4, 0.5) is 5.69 Å². The average Bonchev–Trinajstić information content (AvgIpc) is 2.80. The average molecular weight is 433 g/mol. The van der Waals surface area contributed by atoms with Crippen LogP contribution in [0.1, 0.15) is 25.6 Å². The van der Waals surface area contributed by atoms with Crippen molar-refractivity contribution >= 4 is 60.8 Å². The number of aryl methyl sites for hydroxylation is 1. The number of ether oxygens (including phenoxy) is 1. The van der Waals surface area contributed by atoms with Gasteiger partial charge in [-0.2, -0.15) is 0 Å². The van der Waals surface area contributed by atoms with Gasteiger partial charge in [0.05, 0.1) is 21.3 Å². The third-order valence-electron chi connectivity index (χ3n) is 2.78. The third kappa shape index (κ3) is 3.72. The molecular formula is C14H11Br2NO3S. The summed E-state index contributed by atoms with van der Waals surface area (Å²) in [4.78, 5) is 24.3. The Balaban J connectivity index is 2.26. The van der Waals surface area contributed by atoms with Crippen molar-refractivity contribution in [2.24, 2.45) is 0 Å². The van der Waals surface area contributed by atoms with Gasteiger partial charge in [0.25, 0.3) is 5.91 Å². The van der Waals surface area contributed by atoms with Crippen molar-refractivity contribution in [3.8, 4) is 0 Å². The quantitative estimate of drug-likeness (QED) is 0.720. The third-order valence-corrected chi connectivity index (χ3v) is 6.03. The van der Waals surface area contributed by atoms with E-state index in [2.05, 4.69) is 41.9 Å². The summed E-state index contributed by atoms with van der Waals surface area (Å²) >= 11 is 8.03. The molecule has 4 nitrogen and oxygen atoms in total. The molecule has 0 fully saturated rings. The van der Waals surface area contributed by atoms with Crippen LogP contribution in [0.15, 0.2) is 32.5 Å². The zero-order chi connectivity index (χ0) is 15.6. The maximum Gasteiger partial charge on any atom is 0.337 e. The Morgan fingerprint density at radius 3 is 2.52 bits per heavy atom. The first-order valence-electron chi connectivity index (χ1n) is 5.87. The lowest BCUT2D eigenvalue weighted by atomic mass is 10.1. The fourth-order valence-corrected chi connectivity index (χ4v) is 3.57. The Labute approximate surface area is 142 Å². The van der Waals surface area contributed by atoms with Crippen LogP contribution >= 0.6 is 43.2 Å². The largest absolute Gasteiger partial charge is 0.465 e. The standard InChI is InChI=1S/C14H11Br2NO3S/c1-7-3-4-8(14(19)20-2)5-10(7)17-13(18)11-6-9(15)12(16)21-11/h3-6H,1-2H3,(H,17,18). The van der Waals surface area contributed by atoms with Crippen molar-refractivity contribution in [2.45, 2.75) is 6.92 Å². The summed E-state index contributed by atoms with van der Waals surface area (Å²) in [6, 6.07) is 6.78. The number of carbonyl (C=O) groups excluding carboxylic acids is 2. The second kappa shape index (κ2) is 6.72. The van der Waals surface area contributed by atoms with Gasteiger partial charge in [0, 0.05) is 10.2 Å². The molecule has 0 radical (unpaired) electrons. The summed E-state index contributed by atoms with van der Waals surface area (Å²) in [7, 11) is 1.32. The van der Waals surface area contributed by atoms with Crippen LogP contribution in [0, 0.1) is 6.92 Å². The van der Waals surface area contributed by atoms with Gasteiger partial charge in [0.2, 0.25) is 0 Å². The van der Waals surface area contributed by atoms with Gasteiger partial charge < -0.3 is 10.1 Å². The van der Waals surface area contributed by atoms with Gasteiger partial charge in [0.15, 0.2) is 0 Å². The lowest BCUT2D eigenvalue weighted by Crippen LogP contribution is -2.12. The number of hydrogen-bond acceptors (Lipinski definition) is 4. The highest BCUT2D eigenvalue weighted by molar-refractivity contribution is 9.13. The predicted molar refractivity (Wildman–Crippen MR) is 90.2 cm³/mol. The first kappa shape index (κ1) is 16.2. The van der Waals surface area contributed by atoms with Crippen LogP contribution in [0.25, 0.3) is 0 Å². The Morgan fingerprint density at radius 1 is 1.24 bits per heavy atom. The van der Waals surface area contributed by atoms with E-state index in [1.54, 1.807) is 24.3 Å². The minimum absolute atomic E-state index is 0.225. The molecule has 1 heterocycles. The van der Waals surface area contributed by atoms with Crippen molar-refractivity contribution < 1.29 is 14.3 Å². The zero-order valence-corrected chi connectivity index (χ0v) is 15.2. The van der Waals surface area contributed by atoms with Gasteiger partial charge in [-0.25, -0.2) is 4.79 Å². The number of benzene rings is 1. The van der Waals surface area contributed by atoms with Gasteiger partial charge in [-0.1, -0.05) is 6.07 Å². The van der Waals surface area contributed by atoms with Crippen LogP contribution in [-0.4, -0.2) is 19.0 Å². The fraction of sp³-hybridized carbons (Fsp3) is 0.143. The number of anilines is 1. The Morgan fingerprint density at radius 2 is 1.95 bits per heavy atom. The number of methoxy groups -OCH3 is 1. The molecule has 0 saturated carbocycles. The summed E-state index contributed by atoms with van der Waals surface area (Å²) in [6.45, 7) is 1.86. The summed E-state index contributed by atoms with van der Waals surface area (Å²) < 4.78 is 6.36. The number of nitrogens with one attached hydrogen (secondary N) is 1. The van der Waals surface area contributed by atoms with Crippen molar-refractivity contribution in [1.29, 1.82) is 0 Å². The molecule has 21 heavy (non-hydrogen) atoms. The molecule has 110 valence electrons. The first-order chi connectivity index (χ1) is 9.92. The number of rotatable bonds is 3. The van der Waals surface area contributed by atoms with E-state index in [0.717, 1.165) is 13.8 Å². The number of esters is 1. The maximum atomic E-state index is 12.2. The minimum Gasteiger partial charge on any atom is -0.465 e. The molecule has 0 aliphatic heterocycles. The fourth-order valence-electron chi connectivity index (χ4n) is 1.64. The molecule has 2 aromatic rings. The van der Waals surface area contributed by atoms with Gasteiger partial charge in [-0.05, 0) is 62.5 Å². The van der Waals surface area contributed by atoms with Crippen molar-refractivity contribution in [2.75, 3.05) is 12.4 Å². The molecule has 0 saturated heterocycles. The molecule has 0 spiro atoms. The minimum atomic E-state index is -0.438. The Bertz CT molecular complexity index is 693. The molecule has 0 aliphatic rings. The van der Waals surface area contributed by atoms with E-state index in [1.807, 2.05) is 6.92 Å². The number of hydrogen-bond donors (Lipinski definition) is 1. The van der Waals surface area contributed by atoms with Crippen molar-refractivity contribution in [3.05, 3.63) is 48.5 Å². The topological polar surface area (TPSA) is 55.4 Å². The van der Waals surface area contributed by atoms with E-state index in [-0.39, 0.29) is 5.91 Å². The van der Waals surface area contributed by atoms with Gasteiger partial charge in [-0.15, -0.1) is 11.3 Å². The summed E-state index contributed by atoms with van der Waals surface area (Å²) in [6.07, 6.45) is 0. The van der Waals surface area contributed by atoms with E-state index in [1.165, 1.54) is 18.4 Å². The van der Waals surface area contributed by atoms with E-state index in [0.29, 0.717) is 16.1 Å². The molecular weight excluding hydrogens is 422 g/mol. The van der Waals surface area contributed by atoms with E-state index in [4.69, 9.17) is 0 Å². The lowest BCUT2D eigenvalue weighted by molar-refractivity contribution is 0.0600. The van der Waals surface area contributed by atoms with E-state index >= 15 is 0 Å². The SMILES string of the molecule is COC(=O)c1ccc(C)c(NC(=O)c2cc(Br)c(Br)s2)c1. The van der Waals surface area contributed by atoms with Gasteiger partial charge in [0.1, 0.15) is 0 Å². The highest BCUT2D eigenvalue weighted by Crippen LogP contribution is 2.33. The summed E-state index contributed by atoms with van der Waals surface area (Å²) in [5, 5.41) is 2.81. The molecule has 1 amide bonds. The molecule has 0 atom stereocenters. The van der Waals surface area contributed by atoms with E-state index in [9.17, 15) is 9.59 Å². The number of carbonyl (C=O) groups is 2. The molecule has 0 unspecified atom stereocenters. The van der Waals surface area contributed by atoms with Crippen LogP contribution in [0.2, 0.25) is 0 Å². The van der Waals surface area contributed by atoms with Crippen LogP contribution in [0.5, 0.6) is 0 Å². The Kier molecular flexibility index (Phi) is 5.18. The number of thiophene rings is 1. The Hall–Kier alpha value is -1.18. The van der Waals surface area contributed by atoms with Crippen LogP contribution in [-0.2, 0) is 4.74 Å². The smallest absolute Gasteiger partial charge is 0.337 e. The molecule has 0 bridgehead atoms. The van der Waals surface area contributed by atoms with Gasteiger partial charge in [-0.3, -0.25) is 4.79 Å². The molecule has 1 aromatic carbocycles. The van der Waals surface area contributed by atoms with Gasteiger partial charge >= 0.3 is 5.97 Å². The molecule has 2 rings (SSSR count). The summed E-state index contributed by atoms with van der Waals surface area (Å²) in [5.41, 5.74) is 1.85. The molecule has 7 heteroatoms. The lowest BCUT2D eigenvalue weighted by Gasteiger charge is -2.09. The highest BCUT2D eigenvalue weighted by Gasteiger charge is 2.14. The number of halogens is 2. The van der Waals surface area contributed by atoms with Crippen molar-refractivity contribution in [3.63, 3.8) is 0 Å². The van der Waals surface area contributed by atoms with Crippen LogP contribution < -0.4 is 5.32 Å². The highest BCUT2D eigenvalue weighted by atomic mass is 79.9.